The number of oxime groups is 1. The Hall–Kier alpha value is -1.26. The van der Waals surface area contributed by atoms with Crippen molar-refractivity contribution in [2.45, 2.75) is 63.8 Å². The van der Waals surface area contributed by atoms with E-state index in [0.717, 1.165) is 43.4 Å². The molecule has 0 saturated heterocycles. The number of hydrogen-bond acceptors (Lipinski definition) is 3. The topological polar surface area (TPSA) is 87.7 Å². The summed E-state index contributed by atoms with van der Waals surface area (Å²) >= 11 is 0. The van der Waals surface area contributed by atoms with Crippen LogP contribution in [0.1, 0.15) is 58.3 Å². The molecule has 4 N–H and O–H groups in total. The molecule has 0 aromatic carbocycles. The van der Waals surface area contributed by atoms with Crippen LogP contribution in [0.2, 0.25) is 0 Å². The van der Waals surface area contributed by atoms with Gasteiger partial charge < -0.3 is 16.3 Å². The maximum atomic E-state index is 12.6. The number of nitrogens with zero attached hydrogens (tertiary/aromatic N) is 1. The predicted molar refractivity (Wildman–Crippen MR) is 80.9 cm³/mol. The number of hydrogen-bond donors (Lipinski definition) is 3. The summed E-state index contributed by atoms with van der Waals surface area (Å²) in [4.78, 5) is 12.6. The summed E-state index contributed by atoms with van der Waals surface area (Å²) < 4.78 is 0. The molecule has 5 heteroatoms. The molecule has 0 aromatic heterocycles. The van der Waals surface area contributed by atoms with E-state index >= 15 is 0 Å². The minimum atomic E-state index is -0.493. The maximum absolute atomic E-state index is 12.6. The van der Waals surface area contributed by atoms with Crippen LogP contribution in [-0.4, -0.2) is 22.5 Å². The molecule has 0 heterocycles. The molecule has 4 aliphatic carbocycles. The molecule has 5 nitrogen and oxygen atoms in total. The van der Waals surface area contributed by atoms with Crippen molar-refractivity contribution in [2.24, 2.45) is 34.6 Å². The molecule has 4 saturated carbocycles. The van der Waals surface area contributed by atoms with E-state index < -0.39 is 5.92 Å². The van der Waals surface area contributed by atoms with Crippen molar-refractivity contribution in [3.8, 4) is 0 Å². The first-order valence-electron chi connectivity index (χ1n) is 8.34. The van der Waals surface area contributed by atoms with Crippen LogP contribution in [0.3, 0.4) is 0 Å². The number of amides is 1. The molecule has 0 aliphatic heterocycles. The van der Waals surface area contributed by atoms with Crippen molar-refractivity contribution < 1.29 is 10.0 Å². The van der Waals surface area contributed by atoms with Crippen LogP contribution in [0.4, 0.5) is 0 Å². The van der Waals surface area contributed by atoms with Crippen LogP contribution < -0.4 is 11.1 Å². The van der Waals surface area contributed by atoms with Gasteiger partial charge in [0.15, 0.2) is 5.84 Å². The van der Waals surface area contributed by atoms with Gasteiger partial charge in [0.2, 0.25) is 5.91 Å². The largest absolute Gasteiger partial charge is 0.409 e. The first kappa shape index (κ1) is 14.7. The zero-order chi connectivity index (χ0) is 15.0. The zero-order valence-corrected chi connectivity index (χ0v) is 12.8. The van der Waals surface area contributed by atoms with Gasteiger partial charge >= 0.3 is 0 Å². The van der Waals surface area contributed by atoms with Crippen molar-refractivity contribution >= 4 is 11.7 Å². The summed E-state index contributed by atoms with van der Waals surface area (Å²) in [7, 11) is 0. The summed E-state index contributed by atoms with van der Waals surface area (Å²) in [6, 6.07) is 0. The van der Waals surface area contributed by atoms with E-state index in [4.69, 9.17) is 10.9 Å². The first-order chi connectivity index (χ1) is 10.0. The minimum Gasteiger partial charge on any atom is -0.409 e. The second kappa shape index (κ2) is 5.50. The maximum Gasteiger partial charge on any atom is 0.231 e. The Labute approximate surface area is 126 Å². The van der Waals surface area contributed by atoms with Crippen molar-refractivity contribution in [1.82, 2.24) is 5.32 Å². The molecule has 1 unspecified atom stereocenters. The third-order valence-corrected chi connectivity index (χ3v) is 5.79. The Balaban J connectivity index is 1.71. The lowest BCUT2D eigenvalue weighted by atomic mass is 9.53. The van der Waals surface area contributed by atoms with Gasteiger partial charge in [-0.15, -0.1) is 0 Å². The summed E-state index contributed by atoms with van der Waals surface area (Å²) in [5, 5.41) is 15.3. The Morgan fingerprint density at radius 1 is 1.29 bits per heavy atom. The zero-order valence-electron chi connectivity index (χ0n) is 12.8. The highest BCUT2D eigenvalue weighted by molar-refractivity contribution is 6.02. The molecule has 4 rings (SSSR count). The molecule has 0 aromatic rings. The number of amidine groups is 1. The molecule has 1 atom stereocenters. The van der Waals surface area contributed by atoms with Crippen molar-refractivity contribution in [3.05, 3.63) is 0 Å². The van der Waals surface area contributed by atoms with Gasteiger partial charge in [-0.25, -0.2) is 0 Å². The van der Waals surface area contributed by atoms with Crippen LogP contribution >= 0.6 is 0 Å². The van der Waals surface area contributed by atoms with Crippen molar-refractivity contribution in [1.29, 1.82) is 0 Å². The molecule has 4 fully saturated rings. The average molecular weight is 293 g/mol. The third kappa shape index (κ3) is 2.74. The smallest absolute Gasteiger partial charge is 0.231 e. The van der Waals surface area contributed by atoms with Crippen molar-refractivity contribution in [3.63, 3.8) is 0 Å². The second-order valence-corrected chi connectivity index (χ2v) is 7.55. The van der Waals surface area contributed by atoms with Gasteiger partial charge in [-0.2, -0.15) is 0 Å². The molecular weight excluding hydrogens is 266 g/mol. The van der Waals surface area contributed by atoms with Gasteiger partial charge in [-0.1, -0.05) is 18.5 Å². The van der Waals surface area contributed by atoms with E-state index in [1.54, 1.807) is 0 Å². The Morgan fingerprint density at radius 3 is 2.24 bits per heavy atom. The Morgan fingerprint density at radius 2 is 1.81 bits per heavy atom. The highest BCUT2D eigenvalue weighted by Gasteiger charge is 2.51. The average Bonchev–Trinajstić information content (AvgIpc) is 2.41. The number of nitrogens with one attached hydrogen (secondary N) is 1. The monoisotopic (exact) mass is 293 g/mol. The van der Waals surface area contributed by atoms with Gasteiger partial charge in [-0.05, 0) is 62.7 Å². The SMILES string of the molecule is CCCC(C(=O)NC12CC3CC(CC(C3)C1)C2)C(N)=NO. The number of carbonyl (C=O) groups is 1. The number of carbonyl (C=O) groups excluding carboxylic acids is 1. The standard InChI is InChI=1S/C16H27N3O2/c1-2-3-13(14(17)19-21)15(20)18-16-7-10-4-11(8-16)6-12(5-10)9-16/h10-13,21H,2-9H2,1H3,(H2,17,19)(H,18,20). The number of rotatable bonds is 5. The molecule has 1 amide bonds. The van der Waals surface area contributed by atoms with Gasteiger partial charge in [-0.3, -0.25) is 4.79 Å². The molecule has 0 radical (unpaired) electrons. The highest BCUT2D eigenvalue weighted by Crippen LogP contribution is 2.55. The normalized spacial score (nSPS) is 39.3. The lowest BCUT2D eigenvalue weighted by molar-refractivity contribution is -0.129. The van der Waals surface area contributed by atoms with Gasteiger partial charge in [0.1, 0.15) is 0 Å². The summed E-state index contributed by atoms with van der Waals surface area (Å²) in [6.45, 7) is 2.01. The fraction of sp³-hybridized carbons (Fsp3) is 0.875. The highest BCUT2D eigenvalue weighted by atomic mass is 16.4. The predicted octanol–water partition coefficient (Wildman–Crippen LogP) is 2.23. The molecule has 4 bridgehead atoms. The van der Waals surface area contributed by atoms with Crippen molar-refractivity contribution in [2.75, 3.05) is 0 Å². The Bertz CT molecular complexity index is 412. The lowest BCUT2D eigenvalue weighted by Crippen LogP contribution is -2.61. The van der Waals surface area contributed by atoms with Gasteiger partial charge in [0.25, 0.3) is 0 Å². The van der Waals surface area contributed by atoms with Crippen LogP contribution in [0.25, 0.3) is 0 Å². The summed E-state index contributed by atoms with van der Waals surface area (Å²) in [5.41, 5.74) is 5.70. The Kier molecular flexibility index (Phi) is 3.84. The van der Waals surface area contributed by atoms with E-state index in [1.807, 2.05) is 6.92 Å². The van der Waals surface area contributed by atoms with Crippen LogP contribution in [-0.2, 0) is 4.79 Å². The van der Waals surface area contributed by atoms with Crippen LogP contribution in [0, 0.1) is 23.7 Å². The van der Waals surface area contributed by atoms with Gasteiger partial charge in [0, 0.05) is 5.54 Å². The van der Waals surface area contributed by atoms with E-state index in [0.29, 0.717) is 6.42 Å². The van der Waals surface area contributed by atoms with E-state index in [9.17, 15) is 4.79 Å². The van der Waals surface area contributed by atoms with E-state index in [-0.39, 0.29) is 17.3 Å². The molecular formula is C16H27N3O2. The molecule has 0 spiro atoms. The van der Waals surface area contributed by atoms with Gasteiger partial charge in [0.05, 0.1) is 5.92 Å². The fourth-order valence-corrected chi connectivity index (χ4v) is 5.38. The first-order valence-corrected chi connectivity index (χ1v) is 8.34. The quantitative estimate of drug-likeness (QED) is 0.314. The number of nitrogens with two attached hydrogens (primary N) is 1. The third-order valence-electron chi connectivity index (χ3n) is 5.79. The summed E-state index contributed by atoms with van der Waals surface area (Å²) in [5.74, 6) is 1.89. The summed E-state index contributed by atoms with van der Waals surface area (Å²) in [6.07, 6.45) is 8.91. The van der Waals surface area contributed by atoms with Crippen LogP contribution in [0.5, 0.6) is 0 Å². The second-order valence-electron chi connectivity index (χ2n) is 7.55. The fourth-order valence-electron chi connectivity index (χ4n) is 5.38. The molecule has 118 valence electrons. The minimum absolute atomic E-state index is 0.00639. The van der Waals surface area contributed by atoms with Crippen LogP contribution in [0.15, 0.2) is 5.16 Å². The van der Waals surface area contributed by atoms with E-state index in [1.165, 1.54) is 19.3 Å². The molecule has 4 aliphatic rings. The van der Waals surface area contributed by atoms with E-state index in [2.05, 4.69) is 10.5 Å². The molecule has 21 heavy (non-hydrogen) atoms. The lowest BCUT2D eigenvalue weighted by Gasteiger charge is -2.57.